The lowest BCUT2D eigenvalue weighted by atomic mass is 10.1. The van der Waals surface area contributed by atoms with E-state index in [1.165, 1.54) is 18.2 Å². The van der Waals surface area contributed by atoms with Crippen molar-refractivity contribution in [1.82, 2.24) is 4.90 Å². The van der Waals surface area contributed by atoms with Gasteiger partial charge in [-0.2, -0.15) is 0 Å². The van der Waals surface area contributed by atoms with Gasteiger partial charge in [-0.3, -0.25) is 39.5 Å². The maximum atomic E-state index is 12.8. The molecular weight excluding hydrogens is 528 g/mol. The van der Waals surface area contributed by atoms with Crippen LogP contribution in [-0.2, 0) is 9.59 Å². The molecule has 0 unspecified atom stereocenters. The van der Waals surface area contributed by atoms with E-state index in [1.54, 1.807) is 12.1 Å². The zero-order valence-electron chi connectivity index (χ0n) is 20.6. The Kier molecular flexibility index (Phi) is 7.72. The van der Waals surface area contributed by atoms with Crippen LogP contribution in [0.25, 0.3) is 6.08 Å². The van der Waals surface area contributed by atoms with E-state index in [-0.39, 0.29) is 16.4 Å². The van der Waals surface area contributed by atoms with E-state index in [0.29, 0.717) is 23.0 Å². The summed E-state index contributed by atoms with van der Waals surface area (Å²) in [7, 11) is 0. The van der Waals surface area contributed by atoms with E-state index in [0.717, 1.165) is 34.2 Å². The fourth-order valence-electron chi connectivity index (χ4n) is 3.73. The molecule has 4 rings (SSSR count). The van der Waals surface area contributed by atoms with Crippen molar-refractivity contribution in [2.75, 3.05) is 11.9 Å². The van der Waals surface area contributed by atoms with Gasteiger partial charge in [0.15, 0.2) is 0 Å². The molecule has 1 aliphatic rings. The molecule has 0 atom stereocenters. The number of carbonyl (C=O) groups is 3. The maximum absolute atomic E-state index is 12.8. The number of thioether (sulfide) groups is 1. The van der Waals surface area contributed by atoms with Gasteiger partial charge in [0, 0.05) is 11.8 Å². The molecule has 0 bridgehead atoms. The highest BCUT2D eigenvalue weighted by atomic mass is 32.2. The van der Waals surface area contributed by atoms with Gasteiger partial charge in [-0.05, 0) is 66.6 Å². The van der Waals surface area contributed by atoms with Crippen LogP contribution < -0.4 is 10.1 Å². The summed E-state index contributed by atoms with van der Waals surface area (Å²) < 4.78 is 5.53. The molecule has 0 saturated carbocycles. The van der Waals surface area contributed by atoms with Gasteiger partial charge in [-0.25, -0.2) is 0 Å². The minimum absolute atomic E-state index is 0.125. The van der Waals surface area contributed by atoms with Crippen molar-refractivity contribution in [1.29, 1.82) is 0 Å². The van der Waals surface area contributed by atoms with Crippen LogP contribution in [0.4, 0.5) is 21.9 Å². The standard InChI is InChI=1S/C26H20N4O8S/c1-15-4-3-5-16(2)24(15)27-23(31)14-28-25(32)22(39-26(28)33)12-17-6-9-19(10-7-17)38-21-11-8-18(29(34)35)13-20(21)30(36)37/h3-13H,14H2,1-2H3,(H,27,31)/b22-12+. The summed E-state index contributed by atoms with van der Waals surface area (Å²) in [5, 5.41) is 24.4. The van der Waals surface area contributed by atoms with E-state index in [1.807, 2.05) is 32.0 Å². The highest BCUT2D eigenvalue weighted by molar-refractivity contribution is 8.18. The summed E-state index contributed by atoms with van der Waals surface area (Å²) in [5.41, 5.74) is 1.86. The van der Waals surface area contributed by atoms with Crippen LogP contribution in [0.3, 0.4) is 0 Å². The summed E-state index contributed by atoms with van der Waals surface area (Å²) in [4.78, 5) is 59.5. The molecule has 39 heavy (non-hydrogen) atoms. The van der Waals surface area contributed by atoms with Gasteiger partial charge in [-0.1, -0.05) is 30.3 Å². The lowest BCUT2D eigenvalue weighted by Crippen LogP contribution is -2.36. The minimum Gasteiger partial charge on any atom is -0.450 e. The van der Waals surface area contributed by atoms with Crippen molar-refractivity contribution in [3.8, 4) is 11.5 Å². The molecule has 1 heterocycles. The number of nitro groups is 2. The van der Waals surface area contributed by atoms with Crippen LogP contribution in [-0.4, -0.2) is 38.3 Å². The van der Waals surface area contributed by atoms with Crippen molar-refractivity contribution in [2.24, 2.45) is 0 Å². The molecule has 0 spiro atoms. The Morgan fingerprint density at radius 3 is 2.28 bits per heavy atom. The van der Waals surface area contributed by atoms with E-state index in [2.05, 4.69) is 5.32 Å². The van der Waals surface area contributed by atoms with Gasteiger partial charge in [-0.15, -0.1) is 0 Å². The lowest BCUT2D eigenvalue weighted by molar-refractivity contribution is -0.394. The third-order valence-corrected chi connectivity index (χ3v) is 6.58. The molecule has 0 radical (unpaired) electrons. The number of aryl methyl sites for hydroxylation is 2. The third-order valence-electron chi connectivity index (χ3n) is 5.68. The monoisotopic (exact) mass is 548 g/mol. The van der Waals surface area contributed by atoms with E-state index in [4.69, 9.17) is 4.74 Å². The summed E-state index contributed by atoms with van der Waals surface area (Å²) in [6.07, 6.45) is 1.48. The fourth-order valence-corrected chi connectivity index (χ4v) is 4.57. The first-order valence-corrected chi connectivity index (χ1v) is 12.2. The van der Waals surface area contributed by atoms with Crippen molar-refractivity contribution < 1.29 is 29.0 Å². The van der Waals surface area contributed by atoms with Crippen molar-refractivity contribution in [3.05, 3.63) is 102 Å². The van der Waals surface area contributed by atoms with Gasteiger partial charge in [0.05, 0.1) is 20.8 Å². The highest BCUT2D eigenvalue weighted by Crippen LogP contribution is 2.35. The molecule has 1 N–H and O–H groups in total. The number of rotatable bonds is 8. The third kappa shape index (κ3) is 6.10. The van der Waals surface area contributed by atoms with Crippen LogP contribution in [0.2, 0.25) is 0 Å². The number of nitrogens with zero attached hydrogens (tertiary/aromatic N) is 3. The van der Waals surface area contributed by atoms with Crippen molar-refractivity contribution in [2.45, 2.75) is 13.8 Å². The average Bonchev–Trinajstić information content (AvgIpc) is 3.14. The Bertz CT molecular complexity index is 1530. The summed E-state index contributed by atoms with van der Waals surface area (Å²) in [6, 6.07) is 14.7. The maximum Gasteiger partial charge on any atom is 0.318 e. The first-order chi connectivity index (χ1) is 18.5. The topological polar surface area (TPSA) is 162 Å². The van der Waals surface area contributed by atoms with Crippen LogP contribution >= 0.6 is 11.8 Å². The number of hydrogen-bond acceptors (Lipinski definition) is 9. The van der Waals surface area contributed by atoms with Gasteiger partial charge in [0.1, 0.15) is 12.3 Å². The number of hydrogen-bond donors (Lipinski definition) is 1. The number of amides is 3. The Morgan fingerprint density at radius 1 is 1.00 bits per heavy atom. The zero-order chi connectivity index (χ0) is 28.3. The number of imide groups is 1. The van der Waals surface area contributed by atoms with Crippen molar-refractivity contribution >= 4 is 52.0 Å². The van der Waals surface area contributed by atoms with Crippen molar-refractivity contribution in [3.63, 3.8) is 0 Å². The molecule has 1 saturated heterocycles. The number of carbonyl (C=O) groups excluding carboxylic acids is 3. The Labute approximate surface area is 225 Å². The number of nitro benzene ring substituents is 2. The second-order valence-corrected chi connectivity index (χ2v) is 9.41. The van der Waals surface area contributed by atoms with Crippen LogP contribution in [0, 0.1) is 34.1 Å². The summed E-state index contributed by atoms with van der Waals surface area (Å²) in [5.74, 6) is -1.08. The van der Waals surface area contributed by atoms with E-state index < -0.39 is 44.8 Å². The first-order valence-electron chi connectivity index (χ1n) is 11.4. The molecule has 1 aliphatic heterocycles. The second-order valence-electron chi connectivity index (χ2n) is 8.42. The van der Waals surface area contributed by atoms with Crippen LogP contribution in [0.5, 0.6) is 11.5 Å². The molecular formula is C26H20N4O8S. The fraction of sp³-hybridized carbons (Fsp3) is 0.115. The van der Waals surface area contributed by atoms with Gasteiger partial charge >= 0.3 is 5.69 Å². The smallest absolute Gasteiger partial charge is 0.318 e. The molecule has 12 nitrogen and oxygen atoms in total. The van der Waals surface area contributed by atoms with E-state index in [9.17, 15) is 34.6 Å². The first kappa shape index (κ1) is 27.0. The number of non-ortho nitro benzene ring substituents is 1. The highest BCUT2D eigenvalue weighted by Gasteiger charge is 2.36. The molecule has 0 aromatic heterocycles. The van der Waals surface area contributed by atoms with Gasteiger partial charge in [0.2, 0.25) is 11.7 Å². The summed E-state index contributed by atoms with van der Waals surface area (Å²) >= 11 is 0.704. The SMILES string of the molecule is Cc1cccc(C)c1NC(=O)CN1C(=O)S/C(=C/c2ccc(Oc3ccc([N+](=O)[O-])cc3[N+](=O)[O-])cc2)C1=O. The second kappa shape index (κ2) is 11.1. The number of para-hydroxylation sites is 1. The Balaban J connectivity index is 1.44. The molecule has 3 amide bonds. The molecule has 198 valence electrons. The minimum atomic E-state index is -0.782. The largest absolute Gasteiger partial charge is 0.450 e. The predicted molar refractivity (Wildman–Crippen MR) is 143 cm³/mol. The van der Waals surface area contributed by atoms with E-state index >= 15 is 0 Å². The quantitative estimate of drug-likeness (QED) is 0.215. The number of benzene rings is 3. The molecule has 3 aromatic carbocycles. The zero-order valence-corrected chi connectivity index (χ0v) is 21.4. The van der Waals surface area contributed by atoms with Crippen LogP contribution in [0.1, 0.15) is 16.7 Å². The van der Waals surface area contributed by atoms with Crippen LogP contribution in [0.15, 0.2) is 65.6 Å². The lowest BCUT2D eigenvalue weighted by Gasteiger charge is -2.15. The molecule has 3 aromatic rings. The summed E-state index contributed by atoms with van der Waals surface area (Å²) in [6.45, 7) is 3.25. The number of anilines is 1. The Hall–Kier alpha value is -5.04. The normalized spacial score (nSPS) is 14.0. The van der Waals surface area contributed by atoms with Gasteiger partial charge < -0.3 is 10.1 Å². The Morgan fingerprint density at radius 2 is 1.67 bits per heavy atom. The number of ether oxygens (including phenoxy) is 1. The predicted octanol–water partition coefficient (Wildman–Crippen LogP) is 5.59. The molecule has 13 heteroatoms. The molecule has 1 fully saturated rings. The average molecular weight is 549 g/mol. The van der Waals surface area contributed by atoms with Gasteiger partial charge in [0.25, 0.3) is 16.8 Å². The molecule has 0 aliphatic carbocycles. The number of nitrogens with one attached hydrogen (secondary N) is 1.